The molecule has 3 nitrogen and oxygen atoms in total. The van der Waals surface area contributed by atoms with E-state index >= 15 is 0 Å². The number of rotatable bonds is 0. The van der Waals surface area contributed by atoms with E-state index in [-0.39, 0.29) is 5.97 Å². The van der Waals surface area contributed by atoms with Crippen molar-refractivity contribution in [3.05, 3.63) is 12.2 Å². The van der Waals surface area contributed by atoms with Crippen LogP contribution in [-0.4, -0.2) is 24.3 Å². The minimum atomic E-state index is -0.428. The molecule has 0 saturated carbocycles. The highest BCUT2D eigenvalue weighted by molar-refractivity contribution is 5.84. The van der Waals surface area contributed by atoms with Crippen LogP contribution in [0.5, 0.6) is 0 Å². The van der Waals surface area contributed by atoms with Gasteiger partial charge in [0.2, 0.25) is 0 Å². The Balaban J connectivity index is 0.000000371. The molecule has 0 amide bonds. The molecule has 0 radical (unpaired) electrons. The van der Waals surface area contributed by atoms with Crippen LogP contribution in [-0.2, 0) is 9.53 Å². The van der Waals surface area contributed by atoms with E-state index in [0.717, 1.165) is 7.11 Å². The van der Waals surface area contributed by atoms with Crippen LogP contribution in [0.1, 0.15) is 0 Å². The van der Waals surface area contributed by atoms with E-state index in [2.05, 4.69) is 10.7 Å². The van der Waals surface area contributed by atoms with Crippen molar-refractivity contribution in [2.24, 2.45) is 0 Å². The lowest BCUT2D eigenvalue weighted by molar-refractivity contribution is -0.136. The standard InChI is InChI=1S/C6H4O2.CH4O/c1-2-5-3-4-6(7)8-5;1-2/h1,3-5H;2H,1H3. The fraction of sp³-hybridized carbons (Fsp3) is 0.286. The molecule has 0 aromatic rings. The second-order valence-corrected chi connectivity index (χ2v) is 1.38. The summed E-state index contributed by atoms with van der Waals surface area (Å²) in [4.78, 5) is 10.2. The van der Waals surface area contributed by atoms with E-state index in [1.807, 2.05) is 0 Å². The molecule has 0 aromatic carbocycles. The summed E-state index contributed by atoms with van der Waals surface area (Å²) < 4.78 is 4.52. The first-order chi connectivity index (χ1) is 4.83. The Morgan fingerprint density at radius 2 is 2.40 bits per heavy atom. The minimum absolute atomic E-state index is 0.354. The van der Waals surface area contributed by atoms with Crippen LogP contribution in [0, 0.1) is 12.3 Å². The number of hydrogen-bond donors (Lipinski definition) is 1. The molecule has 1 N–H and O–H groups in total. The lowest BCUT2D eigenvalue weighted by Crippen LogP contribution is -2.02. The number of hydrogen-bond acceptors (Lipinski definition) is 3. The third-order valence-electron chi connectivity index (χ3n) is 0.814. The first kappa shape index (κ1) is 8.73. The lowest BCUT2D eigenvalue weighted by atomic mass is 10.4. The first-order valence-corrected chi connectivity index (χ1v) is 2.62. The minimum Gasteiger partial charge on any atom is -0.442 e. The number of carbonyl (C=O) groups is 1. The summed E-state index contributed by atoms with van der Waals surface area (Å²) in [6, 6.07) is 0. The van der Waals surface area contributed by atoms with E-state index < -0.39 is 6.10 Å². The quantitative estimate of drug-likeness (QED) is 0.371. The van der Waals surface area contributed by atoms with Crippen LogP contribution in [0.15, 0.2) is 12.2 Å². The largest absolute Gasteiger partial charge is 0.442 e. The van der Waals surface area contributed by atoms with E-state index in [1.54, 1.807) is 6.08 Å². The number of carbonyl (C=O) groups excluding carboxylic acids is 1. The monoisotopic (exact) mass is 140 g/mol. The molecular formula is C7H8O3. The van der Waals surface area contributed by atoms with Crippen molar-refractivity contribution in [2.45, 2.75) is 6.10 Å². The maximum absolute atomic E-state index is 10.2. The molecule has 54 valence electrons. The van der Waals surface area contributed by atoms with Gasteiger partial charge in [0.25, 0.3) is 0 Å². The van der Waals surface area contributed by atoms with Gasteiger partial charge in [-0.05, 0) is 6.08 Å². The van der Waals surface area contributed by atoms with Crippen LogP contribution in [0.2, 0.25) is 0 Å². The van der Waals surface area contributed by atoms with Crippen LogP contribution in [0.3, 0.4) is 0 Å². The summed E-state index contributed by atoms with van der Waals surface area (Å²) >= 11 is 0. The van der Waals surface area contributed by atoms with Gasteiger partial charge in [0.1, 0.15) is 0 Å². The Kier molecular flexibility index (Phi) is 4.01. The molecule has 1 rings (SSSR count). The zero-order valence-corrected chi connectivity index (χ0v) is 5.57. The van der Waals surface area contributed by atoms with Gasteiger partial charge in [-0.3, -0.25) is 0 Å². The number of ether oxygens (including phenoxy) is 1. The van der Waals surface area contributed by atoms with Crippen molar-refractivity contribution in [3.8, 4) is 12.3 Å². The molecule has 1 heterocycles. The Labute approximate surface area is 59.3 Å². The molecular weight excluding hydrogens is 132 g/mol. The highest BCUT2D eigenvalue weighted by Gasteiger charge is 2.11. The molecule has 1 atom stereocenters. The van der Waals surface area contributed by atoms with E-state index in [9.17, 15) is 4.79 Å². The Bertz CT molecular complexity index is 176. The maximum Gasteiger partial charge on any atom is 0.332 e. The number of terminal acetylenes is 1. The van der Waals surface area contributed by atoms with Crippen LogP contribution < -0.4 is 0 Å². The maximum atomic E-state index is 10.2. The predicted octanol–water partition coefficient (Wildman–Crippen LogP) is -0.290. The average molecular weight is 140 g/mol. The molecule has 3 heteroatoms. The zero-order chi connectivity index (χ0) is 7.98. The molecule has 0 spiro atoms. The van der Waals surface area contributed by atoms with Crippen molar-refractivity contribution in [1.29, 1.82) is 0 Å². The zero-order valence-electron chi connectivity index (χ0n) is 5.57. The summed E-state index contributed by atoms with van der Waals surface area (Å²) in [5, 5.41) is 7.00. The summed E-state index contributed by atoms with van der Waals surface area (Å²) in [6.45, 7) is 0. The molecule has 0 saturated heterocycles. The van der Waals surface area contributed by atoms with E-state index in [0.29, 0.717) is 0 Å². The van der Waals surface area contributed by atoms with Gasteiger partial charge in [-0.1, -0.05) is 5.92 Å². The van der Waals surface area contributed by atoms with Crippen molar-refractivity contribution >= 4 is 5.97 Å². The number of cyclic esters (lactones) is 1. The molecule has 0 aromatic heterocycles. The first-order valence-electron chi connectivity index (χ1n) is 2.62. The third kappa shape index (κ3) is 2.33. The molecule has 1 unspecified atom stereocenters. The molecule has 0 aliphatic carbocycles. The second kappa shape index (κ2) is 4.59. The summed E-state index contributed by atoms with van der Waals surface area (Å²) in [5.74, 6) is 1.91. The van der Waals surface area contributed by atoms with E-state index in [4.69, 9.17) is 11.5 Å². The normalized spacial score (nSPS) is 20.5. The van der Waals surface area contributed by atoms with Gasteiger partial charge in [-0.15, -0.1) is 6.42 Å². The van der Waals surface area contributed by atoms with Gasteiger partial charge in [-0.25, -0.2) is 4.79 Å². The predicted molar refractivity (Wildman–Crippen MR) is 36.0 cm³/mol. The Morgan fingerprint density at radius 3 is 2.60 bits per heavy atom. The molecule has 0 bridgehead atoms. The highest BCUT2D eigenvalue weighted by atomic mass is 16.5. The lowest BCUT2D eigenvalue weighted by Gasteiger charge is -1.94. The number of aliphatic hydroxyl groups is 1. The Hall–Kier alpha value is -1.27. The van der Waals surface area contributed by atoms with Crippen molar-refractivity contribution < 1.29 is 14.6 Å². The molecule has 10 heavy (non-hydrogen) atoms. The van der Waals surface area contributed by atoms with Gasteiger partial charge in [0.15, 0.2) is 6.10 Å². The van der Waals surface area contributed by atoms with Crippen LogP contribution in [0.25, 0.3) is 0 Å². The fourth-order valence-electron chi connectivity index (χ4n) is 0.459. The summed E-state index contributed by atoms with van der Waals surface area (Å²) in [6.07, 6.45) is 7.36. The van der Waals surface area contributed by atoms with E-state index in [1.165, 1.54) is 6.08 Å². The smallest absolute Gasteiger partial charge is 0.332 e. The average Bonchev–Trinajstić information content (AvgIpc) is 2.40. The van der Waals surface area contributed by atoms with Crippen LogP contribution in [0.4, 0.5) is 0 Å². The highest BCUT2D eigenvalue weighted by Crippen LogP contribution is 2.01. The summed E-state index contributed by atoms with van der Waals surface area (Å²) in [5.41, 5.74) is 0. The van der Waals surface area contributed by atoms with Crippen molar-refractivity contribution in [1.82, 2.24) is 0 Å². The van der Waals surface area contributed by atoms with Crippen molar-refractivity contribution in [3.63, 3.8) is 0 Å². The van der Waals surface area contributed by atoms with Crippen LogP contribution >= 0.6 is 0 Å². The number of esters is 1. The van der Waals surface area contributed by atoms with Gasteiger partial charge in [0.05, 0.1) is 0 Å². The molecule has 0 fully saturated rings. The van der Waals surface area contributed by atoms with Crippen molar-refractivity contribution in [2.75, 3.05) is 7.11 Å². The second-order valence-electron chi connectivity index (χ2n) is 1.38. The summed E-state index contributed by atoms with van der Waals surface area (Å²) in [7, 11) is 1.00. The van der Waals surface area contributed by atoms with Gasteiger partial charge < -0.3 is 9.84 Å². The van der Waals surface area contributed by atoms with Gasteiger partial charge in [0, 0.05) is 13.2 Å². The third-order valence-corrected chi connectivity index (χ3v) is 0.814. The van der Waals surface area contributed by atoms with Gasteiger partial charge >= 0.3 is 5.97 Å². The SMILES string of the molecule is C#CC1C=CC(=O)O1.CO. The fourth-order valence-corrected chi connectivity index (χ4v) is 0.459. The molecule has 1 aliphatic rings. The molecule has 1 aliphatic heterocycles. The van der Waals surface area contributed by atoms with Gasteiger partial charge in [-0.2, -0.15) is 0 Å². The number of aliphatic hydroxyl groups excluding tert-OH is 1. The Morgan fingerprint density at radius 1 is 1.80 bits per heavy atom. The topological polar surface area (TPSA) is 46.5 Å².